The van der Waals surface area contributed by atoms with Crippen LogP contribution < -0.4 is 14.2 Å². The molecular formula is C24H15Cl3O5. The van der Waals surface area contributed by atoms with Crippen molar-refractivity contribution in [2.75, 3.05) is 6.79 Å². The fourth-order valence-electron chi connectivity index (χ4n) is 3.54. The number of hydrogen-bond donors (Lipinski definition) is 0. The van der Waals surface area contributed by atoms with Crippen molar-refractivity contribution in [3.63, 3.8) is 0 Å². The molecule has 0 amide bonds. The highest BCUT2D eigenvalue weighted by Crippen LogP contribution is 2.37. The molecule has 2 aliphatic heterocycles. The molecule has 2 aliphatic rings. The summed E-state index contributed by atoms with van der Waals surface area (Å²) in [4.78, 5) is 12.7. The van der Waals surface area contributed by atoms with Crippen LogP contribution in [0.25, 0.3) is 6.08 Å². The van der Waals surface area contributed by atoms with Crippen molar-refractivity contribution in [2.45, 2.75) is 13.2 Å². The second kappa shape index (κ2) is 8.68. The van der Waals surface area contributed by atoms with E-state index in [1.807, 2.05) is 6.07 Å². The standard InChI is InChI=1S/C24H15Cl3O5/c25-16-7-14-10-29-12-31-24(14)15(8-16)11-30-17-2-3-18-21(9-17)32-22(23(18)28)6-13-1-4-19(26)20(27)5-13/h1-9H,10-12H2/b22-6-. The second-order valence-electron chi connectivity index (χ2n) is 7.22. The molecule has 0 atom stereocenters. The van der Waals surface area contributed by atoms with Crippen molar-refractivity contribution in [3.05, 3.63) is 91.6 Å². The molecule has 0 bridgehead atoms. The molecule has 0 spiro atoms. The molecule has 0 saturated carbocycles. The third-order valence-corrected chi connectivity index (χ3v) is 5.99. The van der Waals surface area contributed by atoms with Crippen molar-refractivity contribution < 1.29 is 23.7 Å². The maximum Gasteiger partial charge on any atom is 0.231 e. The van der Waals surface area contributed by atoms with Crippen LogP contribution >= 0.6 is 34.8 Å². The van der Waals surface area contributed by atoms with E-state index in [0.29, 0.717) is 44.3 Å². The highest BCUT2D eigenvalue weighted by molar-refractivity contribution is 6.42. The number of benzene rings is 3. The summed E-state index contributed by atoms with van der Waals surface area (Å²) in [5, 5.41) is 1.42. The molecule has 5 rings (SSSR count). The molecular weight excluding hydrogens is 475 g/mol. The van der Waals surface area contributed by atoms with E-state index in [0.717, 1.165) is 16.9 Å². The SMILES string of the molecule is O=C1/C(=C/c2ccc(Cl)c(Cl)c2)Oc2cc(OCc3cc(Cl)cc4c3OCOC4)ccc21. The number of rotatable bonds is 4. The number of allylic oxidation sites excluding steroid dienone is 1. The lowest BCUT2D eigenvalue weighted by molar-refractivity contribution is -0.0175. The molecule has 0 aliphatic carbocycles. The van der Waals surface area contributed by atoms with Crippen molar-refractivity contribution in [3.8, 4) is 17.2 Å². The zero-order valence-corrected chi connectivity index (χ0v) is 18.8. The smallest absolute Gasteiger partial charge is 0.231 e. The van der Waals surface area contributed by atoms with Crippen molar-refractivity contribution in [2.24, 2.45) is 0 Å². The third kappa shape index (κ3) is 4.17. The summed E-state index contributed by atoms with van der Waals surface area (Å²) in [6.07, 6.45) is 1.63. The number of carbonyl (C=O) groups excluding carboxylic acids is 1. The van der Waals surface area contributed by atoms with Gasteiger partial charge in [-0.2, -0.15) is 0 Å². The van der Waals surface area contributed by atoms with Gasteiger partial charge in [0.15, 0.2) is 12.6 Å². The second-order valence-corrected chi connectivity index (χ2v) is 8.47. The number of ether oxygens (including phenoxy) is 4. The largest absolute Gasteiger partial charge is 0.489 e. The van der Waals surface area contributed by atoms with Gasteiger partial charge < -0.3 is 18.9 Å². The summed E-state index contributed by atoms with van der Waals surface area (Å²) in [5.41, 5.74) is 2.86. The maximum absolute atomic E-state index is 12.7. The lowest BCUT2D eigenvalue weighted by Crippen LogP contribution is -2.14. The van der Waals surface area contributed by atoms with E-state index in [-0.39, 0.29) is 24.9 Å². The third-order valence-electron chi connectivity index (χ3n) is 5.03. The van der Waals surface area contributed by atoms with E-state index in [2.05, 4.69) is 0 Å². The van der Waals surface area contributed by atoms with Crippen LogP contribution in [-0.4, -0.2) is 12.6 Å². The van der Waals surface area contributed by atoms with Gasteiger partial charge in [-0.1, -0.05) is 40.9 Å². The van der Waals surface area contributed by atoms with E-state index in [1.54, 1.807) is 48.5 Å². The van der Waals surface area contributed by atoms with Crippen molar-refractivity contribution in [1.29, 1.82) is 0 Å². The molecule has 32 heavy (non-hydrogen) atoms. The van der Waals surface area contributed by atoms with E-state index in [4.69, 9.17) is 53.8 Å². The molecule has 5 nitrogen and oxygen atoms in total. The Labute approximate surface area is 199 Å². The zero-order chi connectivity index (χ0) is 22.2. The first-order valence-corrected chi connectivity index (χ1v) is 10.8. The summed E-state index contributed by atoms with van der Waals surface area (Å²) in [6, 6.07) is 13.8. The monoisotopic (exact) mass is 488 g/mol. The van der Waals surface area contributed by atoms with Crippen LogP contribution in [0.4, 0.5) is 0 Å². The maximum atomic E-state index is 12.7. The van der Waals surface area contributed by atoms with Gasteiger partial charge in [0.2, 0.25) is 5.78 Å². The van der Waals surface area contributed by atoms with Gasteiger partial charge in [0.1, 0.15) is 23.9 Å². The average Bonchev–Trinajstić information content (AvgIpc) is 3.09. The van der Waals surface area contributed by atoms with Crippen LogP contribution in [-0.2, 0) is 18.0 Å². The number of Topliss-reactive ketones (excluding diaryl/α,β-unsaturated/α-hetero) is 1. The first kappa shape index (κ1) is 21.2. The molecule has 0 N–H and O–H groups in total. The number of hydrogen-bond acceptors (Lipinski definition) is 5. The van der Waals surface area contributed by atoms with Crippen LogP contribution in [0.15, 0.2) is 54.3 Å². The Morgan fingerprint density at radius 2 is 1.88 bits per heavy atom. The van der Waals surface area contributed by atoms with Gasteiger partial charge >= 0.3 is 0 Å². The number of carbonyl (C=O) groups is 1. The Kier molecular flexibility index (Phi) is 5.74. The Hall–Kier alpha value is -2.70. The topological polar surface area (TPSA) is 54.0 Å². The number of fused-ring (bicyclic) bond motifs is 2. The van der Waals surface area contributed by atoms with Crippen LogP contribution in [0.5, 0.6) is 17.2 Å². The highest BCUT2D eigenvalue weighted by Gasteiger charge is 2.28. The average molecular weight is 490 g/mol. The fourth-order valence-corrected chi connectivity index (χ4v) is 4.11. The molecule has 8 heteroatoms. The molecule has 162 valence electrons. The van der Waals surface area contributed by atoms with Gasteiger partial charge in [-0.25, -0.2) is 0 Å². The van der Waals surface area contributed by atoms with Gasteiger partial charge in [0.25, 0.3) is 0 Å². The molecule has 0 fully saturated rings. The van der Waals surface area contributed by atoms with E-state index in [9.17, 15) is 4.79 Å². The Morgan fingerprint density at radius 3 is 2.72 bits per heavy atom. The van der Waals surface area contributed by atoms with Crippen molar-refractivity contribution >= 4 is 46.7 Å². The van der Waals surface area contributed by atoms with Crippen LogP contribution in [0.3, 0.4) is 0 Å². The molecule has 0 radical (unpaired) electrons. The molecule has 0 saturated heterocycles. The predicted molar refractivity (Wildman–Crippen MR) is 122 cm³/mol. The van der Waals surface area contributed by atoms with Gasteiger partial charge in [-0.15, -0.1) is 0 Å². The lowest BCUT2D eigenvalue weighted by Gasteiger charge is -2.21. The minimum absolute atomic E-state index is 0.185. The van der Waals surface area contributed by atoms with E-state index < -0.39 is 0 Å². The lowest BCUT2D eigenvalue weighted by atomic mass is 10.1. The van der Waals surface area contributed by atoms with Gasteiger partial charge in [-0.05, 0) is 48.0 Å². The number of halogens is 3. The number of ketones is 1. The molecule has 0 aromatic heterocycles. The van der Waals surface area contributed by atoms with Crippen LogP contribution in [0.2, 0.25) is 15.1 Å². The summed E-state index contributed by atoms with van der Waals surface area (Å²) in [5.74, 6) is 1.69. The summed E-state index contributed by atoms with van der Waals surface area (Å²) in [6.45, 7) is 0.859. The molecule has 3 aromatic carbocycles. The van der Waals surface area contributed by atoms with Gasteiger partial charge in [0.05, 0.1) is 22.2 Å². The minimum Gasteiger partial charge on any atom is -0.489 e. The summed E-state index contributed by atoms with van der Waals surface area (Å²) < 4.78 is 22.6. The van der Waals surface area contributed by atoms with E-state index >= 15 is 0 Å². The Bertz CT molecular complexity index is 1270. The van der Waals surface area contributed by atoms with Crippen molar-refractivity contribution in [1.82, 2.24) is 0 Å². The van der Waals surface area contributed by atoms with Crippen LogP contribution in [0.1, 0.15) is 27.0 Å². The molecule has 3 aromatic rings. The Balaban J connectivity index is 1.35. The van der Waals surface area contributed by atoms with Gasteiger partial charge in [-0.3, -0.25) is 4.79 Å². The van der Waals surface area contributed by atoms with Crippen LogP contribution in [0, 0.1) is 0 Å². The van der Waals surface area contributed by atoms with Gasteiger partial charge in [0, 0.05) is 22.2 Å². The predicted octanol–water partition coefficient (Wildman–Crippen LogP) is 6.71. The summed E-state index contributed by atoms with van der Waals surface area (Å²) >= 11 is 18.2. The van der Waals surface area contributed by atoms with E-state index in [1.165, 1.54) is 0 Å². The Morgan fingerprint density at radius 1 is 1.00 bits per heavy atom. The first-order chi connectivity index (χ1) is 15.5. The highest BCUT2D eigenvalue weighted by atomic mass is 35.5. The molecule has 2 heterocycles. The molecule has 0 unspecified atom stereocenters. The minimum atomic E-state index is -0.213. The zero-order valence-electron chi connectivity index (χ0n) is 16.5. The quantitative estimate of drug-likeness (QED) is 0.381. The first-order valence-electron chi connectivity index (χ1n) is 9.66. The normalized spacial score (nSPS) is 15.7. The fraction of sp³-hybridized carbons (Fsp3) is 0.125. The summed E-state index contributed by atoms with van der Waals surface area (Å²) in [7, 11) is 0.